The number of carbonyl (C=O) groups is 1. The molecule has 0 unspecified atom stereocenters. The van der Waals surface area contributed by atoms with Crippen molar-refractivity contribution in [2.45, 2.75) is 71.1 Å². The largest absolute Gasteiger partial charge is 0.481 e. The second-order valence-electron chi connectivity index (χ2n) is 4.76. The van der Waals surface area contributed by atoms with Crippen LogP contribution in [-0.2, 0) is 4.79 Å². The molecule has 1 N–H and O–H groups in total. The molecular weight excluding hydrogens is 246 g/mol. The summed E-state index contributed by atoms with van der Waals surface area (Å²) in [6, 6.07) is 0. The molecule has 19 heavy (non-hydrogen) atoms. The quantitative estimate of drug-likeness (QED) is 0.328. The first-order valence-corrected chi connectivity index (χ1v) is 7.13. The Morgan fingerprint density at radius 1 is 1.11 bits per heavy atom. The highest BCUT2D eigenvalue weighted by Crippen LogP contribution is 2.13. The number of unbranched alkanes of at least 4 members (excludes halogenated alkanes) is 6. The number of nitrogens with zero attached hydrogens (tertiary/aromatic N) is 1. The van der Waals surface area contributed by atoms with Crippen molar-refractivity contribution >= 4 is 5.97 Å². The summed E-state index contributed by atoms with van der Waals surface area (Å²) in [5.74, 6) is -0.755. The Bertz CT molecular complexity index is 300. The Labute approximate surface area is 114 Å². The fourth-order valence-corrected chi connectivity index (χ4v) is 1.85. The second-order valence-corrected chi connectivity index (χ2v) is 4.76. The van der Waals surface area contributed by atoms with Crippen LogP contribution in [0.5, 0.6) is 0 Å². The van der Waals surface area contributed by atoms with E-state index in [-0.39, 0.29) is 11.3 Å². The molecule has 0 spiro atoms. The Morgan fingerprint density at radius 3 is 2.21 bits per heavy atom. The molecule has 0 aromatic carbocycles. The zero-order valence-electron chi connectivity index (χ0n) is 11.8. The molecule has 5 nitrogen and oxygen atoms in total. The average molecular weight is 271 g/mol. The minimum Gasteiger partial charge on any atom is -0.481 e. The van der Waals surface area contributed by atoms with E-state index in [1.807, 2.05) is 0 Å². The molecule has 0 atom stereocenters. The Balaban J connectivity index is 3.67. The van der Waals surface area contributed by atoms with Gasteiger partial charge >= 0.3 is 5.97 Å². The molecule has 5 heteroatoms. The molecule has 110 valence electrons. The van der Waals surface area contributed by atoms with Crippen molar-refractivity contribution in [1.82, 2.24) is 0 Å². The number of carboxylic acids is 1. The molecule has 0 heterocycles. The maximum atomic E-state index is 10.8. The van der Waals surface area contributed by atoms with Crippen LogP contribution in [0, 0.1) is 10.1 Å². The summed E-state index contributed by atoms with van der Waals surface area (Å²) in [5, 5.41) is 19.3. The Morgan fingerprint density at radius 2 is 1.68 bits per heavy atom. The van der Waals surface area contributed by atoms with Gasteiger partial charge in [-0.05, 0) is 31.8 Å². The third-order valence-electron chi connectivity index (χ3n) is 3.00. The molecule has 0 aliphatic carbocycles. The summed E-state index contributed by atoms with van der Waals surface area (Å²) in [6.07, 6.45) is 9.59. The Kier molecular flexibility index (Phi) is 10.8. The van der Waals surface area contributed by atoms with E-state index >= 15 is 0 Å². The second kappa shape index (κ2) is 11.7. The summed E-state index contributed by atoms with van der Waals surface area (Å²) >= 11 is 0. The third-order valence-corrected chi connectivity index (χ3v) is 3.00. The first kappa shape index (κ1) is 17.6. The molecule has 0 bridgehead atoms. The van der Waals surface area contributed by atoms with Crippen molar-refractivity contribution in [3.8, 4) is 0 Å². The predicted molar refractivity (Wildman–Crippen MR) is 74.6 cm³/mol. The zero-order valence-corrected chi connectivity index (χ0v) is 11.8. The van der Waals surface area contributed by atoms with E-state index < -0.39 is 5.97 Å². The van der Waals surface area contributed by atoms with Crippen molar-refractivity contribution in [1.29, 1.82) is 0 Å². The summed E-state index contributed by atoms with van der Waals surface area (Å²) in [4.78, 5) is 20.8. The number of hydrogen-bond donors (Lipinski definition) is 1. The molecule has 0 fully saturated rings. The monoisotopic (exact) mass is 271 g/mol. The zero-order chi connectivity index (χ0) is 14.5. The SMILES string of the molecule is CCCCC=C(CCCCCCCC(=O)O)[N+](=O)[O-]. The van der Waals surface area contributed by atoms with Gasteiger partial charge < -0.3 is 5.11 Å². The van der Waals surface area contributed by atoms with Crippen LogP contribution in [0.2, 0.25) is 0 Å². The lowest BCUT2D eigenvalue weighted by molar-refractivity contribution is -0.428. The highest BCUT2D eigenvalue weighted by Gasteiger charge is 2.09. The normalized spacial score (nSPS) is 11.5. The van der Waals surface area contributed by atoms with E-state index in [2.05, 4.69) is 6.92 Å². The lowest BCUT2D eigenvalue weighted by Gasteiger charge is -2.00. The van der Waals surface area contributed by atoms with Crippen molar-refractivity contribution in [2.75, 3.05) is 0 Å². The molecule has 0 amide bonds. The van der Waals surface area contributed by atoms with Gasteiger partial charge in [-0.3, -0.25) is 14.9 Å². The fraction of sp³-hybridized carbons (Fsp3) is 0.786. The van der Waals surface area contributed by atoms with Gasteiger partial charge in [-0.15, -0.1) is 0 Å². The van der Waals surface area contributed by atoms with E-state index in [0.29, 0.717) is 18.5 Å². The molecule has 0 aromatic rings. The van der Waals surface area contributed by atoms with Crippen molar-refractivity contribution < 1.29 is 14.8 Å². The minimum absolute atomic E-state index is 0.219. The van der Waals surface area contributed by atoms with Crippen molar-refractivity contribution in [3.05, 3.63) is 21.9 Å². The fourth-order valence-electron chi connectivity index (χ4n) is 1.85. The van der Waals surface area contributed by atoms with E-state index in [9.17, 15) is 14.9 Å². The molecular formula is C14H25NO4. The molecule has 0 aliphatic rings. The number of aliphatic carboxylic acids is 1. The van der Waals surface area contributed by atoms with Crippen LogP contribution >= 0.6 is 0 Å². The van der Waals surface area contributed by atoms with Crippen molar-refractivity contribution in [3.63, 3.8) is 0 Å². The molecule has 0 aromatic heterocycles. The summed E-state index contributed by atoms with van der Waals surface area (Å²) in [6.45, 7) is 2.07. The number of rotatable bonds is 12. The molecule has 0 rings (SSSR count). The number of hydrogen-bond acceptors (Lipinski definition) is 3. The van der Waals surface area contributed by atoms with Gasteiger partial charge in [0.05, 0.1) is 4.92 Å². The highest BCUT2D eigenvalue weighted by atomic mass is 16.6. The number of allylic oxidation sites excluding steroid dienone is 2. The van der Waals surface area contributed by atoms with Crippen LogP contribution in [0.3, 0.4) is 0 Å². The lowest BCUT2D eigenvalue weighted by atomic mass is 10.1. The first-order valence-electron chi connectivity index (χ1n) is 7.13. The van der Waals surface area contributed by atoms with Crippen LogP contribution in [0.4, 0.5) is 0 Å². The number of nitro groups is 1. The predicted octanol–water partition coefficient (Wildman–Crippen LogP) is 4.15. The highest BCUT2D eigenvalue weighted by molar-refractivity contribution is 5.66. The van der Waals surface area contributed by atoms with E-state index in [4.69, 9.17) is 5.11 Å². The molecule has 0 saturated heterocycles. The van der Waals surface area contributed by atoms with Gasteiger partial charge in [-0.1, -0.05) is 32.6 Å². The van der Waals surface area contributed by atoms with Gasteiger partial charge in [-0.25, -0.2) is 0 Å². The molecule has 0 saturated carbocycles. The molecule has 0 aliphatic heterocycles. The van der Waals surface area contributed by atoms with E-state index in [1.54, 1.807) is 6.08 Å². The third kappa shape index (κ3) is 11.4. The van der Waals surface area contributed by atoms with Crippen LogP contribution in [0.25, 0.3) is 0 Å². The van der Waals surface area contributed by atoms with Crippen LogP contribution in [0.1, 0.15) is 71.1 Å². The maximum absolute atomic E-state index is 10.8. The van der Waals surface area contributed by atoms with Crippen molar-refractivity contribution in [2.24, 2.45) is 0 Å². The van der Waals surface area contributed by atoms with Gasteiger partial charge in [0.15, 0.2) is 0 Å². The van der Waals surface area contributed by atoms with Gasteiger partial charge in [-0.2, -0.15) is 0 Å². The topological polar surface area (TPSA) is 80.4 Å². The summed E-state index contributed by atoms with van der Waals surface area (Å²) in [5.41, 5.74) is 0.332. The van der Waals surface area contributed by atoms with Gasteiger partial charge in [0.25, 0.3) is 0 Å². The van der Waals surface area contributed by atoms with Crippen LogP contribution in [-0.4, -0.2) is 16.0 Å². The number of carboxylic acid groups (broad SMARTS) is 1. The van der Waals surface area contributed by atoms with Crippen LogP contribution < -0.4 is 0 Å². The average Bonchev–Trinajstić information content (AvgIpc) is 2.34. The minimum atomic E-state index is -0.755. The van der Waals surface area contributed by atoms with E-state index in [0.717, 1.165) is 44.9 Å². The standard InChI is InChI=1S/C14H25NO4/c1-2-3-7-10-13(15(18)19)11-8-5-4-6-9-12-14(16)17/h10H,2-9,11-12H2,1H3,(H,16,17). The van der Waals surface area contributed by atoms with Crippen LogP contribution in [0.15, 0.2) is 11.8 Å². The maximum Gasteiger partial charge on any atom is 0.303 e. The molecule has 0 radical (unpaired) electrons. The summed E-state index contributed by atoms with van der Waals surface area (Å²) in [7, 11) is 0. The smallest absolute Gasteiger partial charge is 0.303 e. The van der Waals surface area contributed by atoms with Gasteiger partial charge in [0, 0.05) is 12.8 Å². The Hall–Kier alpha value is -1.39. The van der Waals surface area contributed by atoms with E-state index in [1.165, 1.54) is 0 Å². The van der Waals surface area contributed by atoms with Gasteiger partial charge in [0.2, 0.25) is 5.70 Å². The lowest BCUT2D eigenvalue weighted by Crippen LogP contribution is -1.99. The summed E-state index contributed by atoms with van der Waals surface area (Å²) < 4.78 is 0. The van der Waals surface area contributed by atoms with Gasteiger partial charge in [0.1, 0.15) is 0 Å². The first-order chi connectivity index (χ1) is 9.07.